The van der Waals surface area contributed by atoms with Crippen LogP contribution in [0.5, 0.6) is 11.5 Å². The van der Waals surface area contributed by atoms with Gasteiger partial charge in [0.15, 0.2) is 0 Å². The van der Waals surface area contributed by atoms with Crippen LogP contribution in [-0.4, -0.2) is 45.7 Å². The Balaban J connectivity index is 1.28. The van der Waals surface area contributed by atoms with Crippen LogP contribution in [0, 0.1) is 11.8 Å². The molecule has 37 heavy (non-hydrogen) atoms. The Morgan fingerprint density at radius 2 is 1.49 bits per heavy atom. The molecule has 2 aliphatic rings. The molecule has 3 nitrogen and oxygen atoms in total. The number of thioether (sulfide) groups is 2. The maximum atomic E-state index is 12.7. The summed E-state index contributed by atoms with van der Waals surface area (Å²) in [4.78, 5) is 2.30. The fraction of sp³-hybridized carbons (Fsp3) is 0.375. The first-order chi connectivity index (χ1) is 18.1. The van der Waals surface area contributed by atoms with Crippen molar-refractivity contribution >= 4 is 23.5 Å². The van der Waals surface area contributed by atoms with Crippen LogP contribution in [0.25, 0.3) is 0 Å². The van der Waals surface area contributed by atoms with Crippen molar-refractivity contribution < 1.29 is 9.84 Å². The normalized spacial score (nSPS) is 17.2. The fourth-order valence-corrected chi connectivity index (χ4v) is 8.88. The van der Waals surface area contributed by atoms with Gasteiger partial charge in [-0.3, -0.25) is 4.90 Å². The van der Waals surface area contributed by atoms with Crippen LogP contribution in [0.3, 0.4) is 0 Å². The molecule has 0 unspecified atom stereocenters. The molecule has 5 rings (SSSR count). The number of benzene rings is 3. The van der Waals surface area contributed by atoms with Crippen molar-refractivity contribution in [2.75, 3.05) is 31.6 Å². The Morgan fingerprint density at radius 1 is 0.865 bits per heavy atom. The molecule has 0 atom stereocenters. The second-order valence-corrected chi connectivity index (χ2v) is 12.8. The summed E-state index contributed by atoms with van der Waals surface area (Å²) in [5.74, 6) is 10.4. The van der Waals surface area contributed by atoms with Gasteiger partial charge in [0.05, 0.1) is 10.6 Å². The Morgan fingerprint density at radius 3 is 2.16 bits per heavy atom. The zero-order valence-corrected chi connectivity index (χ0v) is 23.1. The maximum absolute atomic E-state index is 12.7. The molecule has 0 saturated carbocycles. The smallest absolute Gasteiger partial charge is 0.145 e. The Kier molecular flexibility index (Phi) is 8.52. The molecule has 0 aromatic heterocycles. The average molecular weight is 530 g/mol. The second-order valence-electron chi connectivity index (χ2n) is 9.79. The molecule has 5 heteroatoms. The molecule has 0 spiro atoms. The quantitative estimate of drug-likeness (QED) is 0.320. The van der Waals surface area contributed by atoms with Gasteiger partial charge in [0.2, 0.25) is 0 Å². The standard InChI is InChI=1S/C32H35NO2S2/c1-33(23-12-16-26-14-4-2-5-15-26)22-11-3-10-21-31(36-24-13-25-37-31)32(34)27-17-6-8-19-29(27)35-30-20-9-7-18-28(30)32/h2,4-9,14-15,17-20,34H,10,12-13,16,21-25H2,1H3. The van der Waals surface area contributed by atoms with Crippen molar-refractivity contribution in [1.82, 2.24) is 4.90 Å². The number of aliphatic hydroxyl groups is 1. The number of rotatable bonds is 8. The number of para-hydroxylation sites is 2. The van der Waals surface area contributed by atoms with Crippen LogP contribution >= 0.6 is 23.5 Å². The van der Waals surface area contributed by atoms with Crippen molar-refractivity contribution in [2.24, 2.45) is 0 Å². The van der Waals surface area contributed by atoms with E-state index < -0.39 is 9.68 Å². The lowest BCUT2D eigenvalue weighted by atomic mass is 9.78. The minimum absolute atomic E-state index is 0.419. The van der Waals surface area contributed by atoms with Gasteiger partial charge in [-0.15, -0.1) is 29.4 Å². The monoisotopic (exact) mass is 529 g/mol. The summed E-state index contributed by atoms with van der Waals surface area (Å²) < 4.78 is 5.81. The lowest BCUT2D eigenvalue weighted by molar-refractivity contribution is 0.0540. The summed E-state index contributed by atoms with van der Waals surface area (Å²) in [6, 6.07) is 26.6. The minimum atomic E-state index is -1.15. The van der Waals surface area contributed by atoms with E-state index in [-0.39, 0.29) is 0 Å². The molecule has 0 radical (unpaired) electrons. The summed E-state index contributed by atoms with van der Waals surface area (Å²) >= 11 is 3.79. The van der Waals surface area contributed by atoms with E-state index in [1.165, 1.54) is 5.56 Å². The first kappa shape index (κ1) is 26.3. The fourth-order valence-electron chi connectivity index (χ4n) is 5.27. The molecular weight excluding hydrogens is 494 g/mol. The van der Waals surface area contributed by atoms with Crippen LogP contribution in [0.2, 0.25) is 0 Å². The topological polar surface area (TPSA) is 32.7 Å². The molecule has 2 heterocycles. The van der Waals surface area contributed by atoms with E-state index in [9.17, 15) is 5.11 Å². The third-order valence-corrected chi connectivity index (χ3v) is 10.8. The minimum Gasteiger partial charge on any atom is -0.457 e. The van der Waals surface area contributed by atoms with Crippen LogP contribution in [-0.2, 0) is 12.0 Å². The van der Waals surface area contributed by atoms with E-state index in [0.29, 0.717) is 0 Å². The van der Waals surface area contributed by atoms with Gasteiger partial charge in [-0.1, -0.05) is 72.7 Å². The lowest BCUT2D eigenvalue weighted by Crippen LogP contribution is -2.51. The Hall–Kier alpha value is -2.36. The lowest BCUT2D eigenvalue weighted by Gasteiger charge is -2.50. The summed E-state index contributed by atoms with van der Waals surface area (Å²) in [6.07, 6.45) is 4.96. The van der Waals surface area contributed by atoms with E-state index in [1.54, 1.807) is 0 Å². The summed E-state index contributed by atoms with van der Waals surface area (Å²) in [5, 5.41) is 12.7. The SMILES string of the molecule is CN(CC#CCCC1(C2(O)c3ccccc3Oc3ccccc32)SCCCS1)CCCc1ccccc1. The van der Waals surface area contributed by atoms with E-state index in [2.05, 4.69) is 54.1 Å². The highest BCUT2D eigenvalue weighted by Crippen LogP contribution is 2.62. The molecule has 0 amide bonds. The van der Waals surface area contributed by atoms with Crippen LogP contribution in [0.15, 0.2) is 78.9 Å². The number of hydrogen-bond acceptors (Lipinski definition) is 5. The van der Waals surface area contributed by atoms with Crippen molar-refractivity contribution in [3.63, 3.8) is 0 Å². The number of aryl methyl sites for hydroxylation is 1. The van der Waals surface area contributed by atoms with Crippen molar-refractivity contribution in [1.29, 1.82) is 0 Å². The van der Waals surface area contributed by atoms with Gasteiger partial charge in [-0.2, -0.15) is 0 Å². The first-order valence-electron chi connectivity index (χ1n) is 13.2. The maximum Gasteiger partial charge on any atom is 0.145 e. The predicted octanol–water partition coefficient (Wildman–Crippen LogP) is 6.94. The average Bonchev–Trinajstić information content (AvgIpc) is 2.94. The Labute approximate surface area is 230 Å². The molecule has 1 saturated heterocycles. The van der Waals surface area contributed by atoms with Gasteiger partial charge < -0.3 is 9.84 Å². The van der Waals surface area contributed by atoms with Crippen LogP contribution in [0.4, 0.5) is 0 Å². The van der Waals surface area contributed by atoms with E-state index >= 15 is 0 Å². The van der Waals surface area contributed by atoms with Crippen LogP contribution in [0.1, 0.15) is 42.4 Å². The third-order valence-electron chi connectivity index (χ3n) is 7.19. The highest BCUT2D eigenvalue weighted by molar-refractivity contribution is 8.18. The molecular formula is C32H35NO2S2. The highest BCUT2D eigenvalue weighted by Gasteiger charge is 2.57. The Bertz CT molecular complexity index is 1200. The number of ether oxygens (including phenoxy) is 1. The van der Waals surface area contributed by atoms with Gasteiger partial charge >= 0.3 is 0 Å². The zero-order valence-electron chi connectivity index (χ0n) is 21.5. The molecule has 192 valence electrons. The number of fused-ring (bicyclic) bond motifs is 2. The van der Waals surface area contributed by atoms with E-state index in [0.717, 1.165) is 79.3 Å². The molecule has 3 aromatic rings. The molecule has 2 aliphatic heterocycles. The van der Waals surface area contributed by atoms with Crippen LogP contribution < -0.4 is 4.74 Å². The van der Waals surface area contributed by atoms with Crippen molar-refractivity contribution in [3.8, 4) is 23.3 Å². The van der Waals surface area contributed by atoms with Gasteiger partial charge in [-0.25, -0.2) is 0 Å². The molecule has 1 fully saturated rings. The first-order valence-corrected chi connectivity index (χ1v) is 15.1. The molecule has 0 bridgehead atoms. The van der Waals surface area contributed by atoms with Crippen molar-refractivity contribution in [2.45, 2.75) is 41.8 Å². The van der Waals surface area contributed by atoms with Gasteiger partial charge in [0.25, 0.3) is 0 Å². The van der Waals surface area contributed by atoms with E-state index in [1.807, 2.05) is 72.1 Å². The second kappa shape index (κ2) is 12.0. The van der Waals surface area contributed by atoms with E-state index in [4.69, 9.17) is 4.74 Å². The summed E-state index contributed by atoms with van der Waals surface area (Å²) in [7, 11) is 2.15. The number of nitrogens with zero attached hydrogens (tertiary/aromatic N) is 1. The molecule has 0 aliphatic carbocycles. The van der Waals surface area contributed by atoms with Crippen molar-refractivity contribution in [3.05, 3.63) is 95.6 Å². The predicted molar refractivity (Wildman–Crippen MR) is 157 cm³/mol. The zero-order chi connectivity index (χ0) is 25.6. The third kappa shape index (κ3) is 5.59. The van der Waals surface area contributed by atoms with Gasteiger partial charge in [0.1, 0.15) is 17.1 Å². The summed E-state index contributed by atoms with van der Waals surface area (Å²) in [6.45, 7) is 1.80. The van der Waals surface area contributed by atoms with Gasteiger partial charge in [0, 0.05) is 17.5 Å². The largest absolute Gasteiger partial charge is 0.457 e. The molecule has 3 aromatic carbocycles. The molecule has 1 N–H and O–H groups in total. The van der Waals surface area contributed by atoms with Gasteiger partial charge in [-0.05, 0) is 68.5 Å². The number of hydrogen-bond donors (Lipinski definition) is 1. The summed E-state index contributed by atoms with van der Waals surface area (Å²) in [5.41, 5.74) is 1.97. The highest BCUT2D eigenvalue weighted by atomic mass is 32.2.